The average molecular weight is 384 g/mol. The lowest BCUT2D eigenvalue weighted by atomic mass is 9.96. The second-order valence-corrected chi connectivity index (χ2v) is 9.25. The molecule has 4 unspecified atom stereocenters. The van der Waals surface area contributed by atoms with Gasteiger partial charge >= 0.3 is 11.9 Å². The topological polar surface area (TPSA) is 112 Å². The molecule has 1 rings (SSSR count). The van der Waals surface area contributed by atoms with Gasteiger partial charge in [-0.2, -0.15) is 0 Å². The third kappa shape index (κ3) is 5.96. The monoisotopic (exact) mass is 384 g/mol. The predicted molar refractivity (Wildman–Crippen MR) is 101 cm³/mol. The van der Waals surface area contributed by atoms with Crippen molar-refractivity contribution in [1.82, 2.24) is 0 Å². The first kappa shape index (κ1) is 22.4. The normalized spacial score (nSPS) is 17.0. The highest BCUT2D eigenvalue weighted by molar-refractivity contribution is 7.59. The molecule has 0 fully saturated rings. The average Bonchev–Trinajstić information content (AvgIpc) is 2.59. The summed E-state index contributed by atoms with van der Waals surface area (Å²) < 4.78 is 13.5. The predicted octanol–water partition coefficient (Wildman–Crippen LogP) is 4.53. The molecular weight excluding hydrogens is 355 g/mol. The van der Waals surface area contributed by atoms with Crippen LogP contribution in [0.3, 0.4) is 0 Å². The Morgan fingerprint density at radius 2 is 1.58 bits per heavy atom. The van der Waals surface area contributed by atoms with Gasteiger partial charge in [-0.3, -0.25) is 14.2 Å². The lowest BCUT2D eigenvalue weighted by molar-refractivity contribution is -0.143. The summed E-state index contributed by atoms with van der Waals surface area (Å²) in [5, 5.41) is 18.5. The Bertz CT molecular complexity index is 630. The van der Waals surface area contributed by atoms with Crippen molar-refractivity contribution in [3.05, 3.63) is 35.9 Å². The van der Waals surface area contributed by atoms with Crippen LogP contribution in [0, 0.1) is 5.92 Å². The van der Waals surface area contributed by atoms with Crippen LogP contribution in [0.15, 0.2) is 30.3 Å². The van der Waals surface area contributed by atoms with Crippen LogP contribution >= 0.6 is 7.37 Å². The van der Waals surface area contributed by atoms with Gasteiger partial charge in [0.25, 0.3) is 0 Å². The molecule has 6 nitrogen and oxygen atoms in total. The summed E-state index contributed by atoms with van der Waals surface area (Å²) in [5.41, 5.74) is -0.873. The Labute approximate surface area is 154 Å². The van der Waals surface area contributed by atoms with Crippen molar-refractivity contribution < 1.29 is 29.3 Å². The molecule has 0 aliphatic rings. The van der Waals surface area contributed by atoms with Crippen molar-refractivity contribution in [3.63, 3.8) is 0 Å². The number of benzene rings is 1. The Morgan fingerprint density at radius 3 is 2.04 bits per heavy atom. The van der Waals surface area contributed by atoms with Crippen molar-refractivity contribution in [1.29, 1.82) is 0 Å². The Balaban J connectivity index is 3.29. The summed E-state index contributed by atoms with van der Waals surface area (Å²) in [6, 6.07) is 9.00. The van der Waals surface area contributed by atoms with Gasteiger partial charge in [-0.25, -0.2) is 0 Å². The van der Waals surface area contributed by atoms with Gasteiger partial charge < -0.3 is 15.1 Å². The summed E-state index contributed by atoms with van der Waals surface area (Å²) in [4.78, 5) is 33.7. The van der Waals surface area contributed by atoms with Gasteiger partial charge in [-0.05, 0) is 24.8 Å². The summed E-state index contributed by atoms with van der Waals surface area (Å²) in [6.07, 6.45) is 1.52. The van der Waals surface area contributed by atoms with E-state index in [4.69, 9.17) is 5.11 Å². The first-order valence-electron chi connectivity index (χ1n) is 9.07. The van der Waals surface area contributed by atoms with Gasteiger partial charge in [0.2, 0.25) is 7.37 Å². The lowest BCUT2D eigenvalue weighted by Gasteiger charge is -2.33. The molecular formula is C19H29O6P. The molecule has 4 atom stereocenters. The van der Waals surface area contributed by atoms with Crippen molar-refractivity contribution >= 4 is 19.3 Å². The van der Waals surface area contributed by atoms with Crippen LogP contribution in [-0.4, -0.2) is 32.7 Å². The number of rotatable bonds is 12. The van der Waals surface area contributed by atoms with Crippen molar-refractivity contribution in [2.45, 2.75) is 63.7 Å². The van der Waals surface area contributed by atoms with E-state index in [0.717, 1.165) is 5.56 Å². The maximum Gasteiger partial charge on any atom is 0.307 e. The van der Waals surface area contributed by atoms with Crippen LogP contribution in [0.1, 0.15) is 63.6 Å². The van der Waals surface area contributed by atoms with Gasteiger partial charge in [0.15, 0.2) is 0 Å². The van der Waals surface area contributed by atoms with Gasteiger partial charge in [-0.1, -0.05) is 57.0 Å². The third-order valence-corrected chi connectivity index (χ3v) is 7.72. The molecule has 7 heteroatoms. The summed E-state index contributed by atoms with van der Waals surface area (Å²) >= 11 is 0. The highest BCUT2D eigenvalue weighted by atomic mass is 31.2. The molecule has 1 aromatic carbocycles. The number of carbonyl (C=O) groups is 2. The quantitative estimate of drug-likeness (QED) is 0.456. The van der Waals surface area contributed by atoms with E-state index in [1.807, 2.05) is 19.9 Å². The fourth-order valence-corrected chi connectivity index (χ4v) is 6.55. The van der Waals surface area contributed by atoms with Crippen LogP contribution < -0.4 is 0 Å². The van der Waals surface area contributed by atoms with E-state index in [-0.39, 0.29) is 19.3 Å². The van der Waals surface area contributed by atoms with Crippen LogP contribution in [-0.2, 0) is 14.2 Å². The fourth-order valence-electron chi connectivity index (χ4n) is 3.44. The molecule has 146 valence electrons. The van der Waals surface area contributed by atoms with E-state index >= 15 is 0 Å². The molecule has 0 saturated carbocycles. The largest absolute Gasteiger partial charge is 0.481 e. The number of carboxylic acids is 2. The summed E-state index contributed by atoms with van der Waals surface area (Å²) in [7, 11) is -3.91. The molecule has 26 heavy (non-hydrogen) atoms. The SMILES string of the molecule is CCCC(c1ccccc1)P(=O)(O)C(CCC)C(CCC(=O)O)C(=O)O. The number of hydrogen-bond acceptors (Lipinski definition) is 3. The molecule has 1 aromatic rings. The molecule has 0 amide bonds. The Morgan fingerprint density at radius 1 is 1.00 bits per heavy atom. The molecule has 0 aliphatic heterocycles. The summed E-state index contributed by atoms with van der Waals surface area (Å²) in [6.45, 7) is 3.75. The van der Waals surface area contributed by atoms with Crippen LogP contribution in [0.5, 0.6) is 0 Å². The second-order valence-electron chi connectivity index (χ2n) is 6.62. The first-order valence-corrected chi connectivity index (χ1v) is 10.9. The molecule has 0 saturated heterocycles. The Hall–Kier alpha value is -1.65. The first-order chi connectivity index (χ1) is 12.3. The van der Waals surface area contributed by atoms with Gasteiger partial charge in [0, 0.05) is 12.1 Å². The lowest BCUT2D eigenvalue weighted by Crippen LogP contribution is -2.30. The maximum atomic E-state index is 13.5. The highest BCUT2D eigenvalue weighted by Crippen LogP contribution is 2.64. The third-order valence-electron chi connectivity index (χ3n) is 4.70. The van der Waals surface area contributed by atoms with E-state index < -0.39 is 36.5 Å². The fraction of sp³-hybridized carbons (Fsp3) is 0.579. The van der Waals surface area contributed by atoms with E-state index in [1.165, 1.54) is 0 Å². The standard InChI is InChI=1S/C19H29O6P/c1-3-8-16(14-10-6-5-7-11-14)26(24,25)17(9-4-2)15(19(22)23)12-13-18(20)21/h5-7,10-11,15-17H,3-4,8-9,12-13H2,1-2H3,(H,20,21)(H,22,23)(H,24,25). The molecule has 0 radical (unpaired) electrons. The van der Waals surface area contributed by atoms with E-state index in [1.54, 1.807) is 24.3 Å². The number of aliphatic carboxylic acids is 2. The van der Waals surface area contributed by atoms with Crippen LogP contribution in [0.4, 0.5) is 0 Å². The van der Waals surface area contributed by atoms with Gasteiger partial charge in [0.1, 0.15) is 0 Å². The van der Waals surface area contributed by atoms with Gasteiger partial charge in [-0.15, -0.1) is 0 Å². The second kappa shape index (κ2) is 10.5. The van der Waals surface area contributed by atoms with Crippen molar-refractivity contribution in [2.24, 2.45) is 5.92 Å². The number of hydrogen-bond donors (Lipinski definition) is 3. The minimum absolute atomic E-state index is 0.145. The zero-order chi connectivity index (χ0) is 19.7. The molecule has 3 N–H and O–H groups in total. The van der Waals surface area contributed by atoms with Crippen LogP contribution in [0.25, 0.3) is 0 Å². The smallest absolute Gasteiger partial charge is 0.307 e. The maximum absolute atomic E-state index is 13.5. The number of carboxylic acid groups (broad SMARTS) is 2. The zero-order valence-corrected chi connectivity index (χ0v) is 16.3. The van der Waals surface area contributed by atoms with Crippen LogP contribution in [0.2, 0.25) is 0 Å². The molecule has 0 aliphatic carbocycles. The zero-order valence-electron chi connectivity index (χ0n) is 15.4. The van der Waals surface area contributed by atoms with E-state index in [2.05, 4.69) is 0 Å². The minimum atomic E-state index is -3.91. The Kier molecular flexibility index (Phi) is 9.03. The van der Waals surface area contributed by atoms with Crippen molar-refractivity contribution in [2.75, 3.05) is 0 Å². The minimum Gasteiger partial charge on any atom is -0.481 e. The van der Waals surface area contributed by atoms with Crippen molar-refractivity contribution in [3.8, 4) is 0 Å². The van der Waals surface area contributed by atoms with E-state index in [0.29, 0.717) is 19.3 Å². The molecule has 0 aromatic heterocycles. The molecule has 0 bridgehead atoms. The molecule has 0 heterocycles. The van der Waals surface area contributed by atoms with Gasteiger partial charge in [0.05, 0.1) is 11.6 Å². The summed E-state index contributed by atoms with van der Waals surface area (Å²) in [5.74, 6) is -3.46. The highest BCUT2D eigenvalue weighted by Gasteiger charge is 2.45. The molecule has 0 spiro atoms. The van der Waals surface area contributed by atoms with E-state index in [9.17, 15) is 24.2 Å².